The molecule has 2 unspecified atom stereocenters. The van der Waals surface area contributed by atoms with E-state index in [4.69, 9.17) is 5.73 Å². The fourth-order valence-electron chi connectivity index (χ4n) is 2.23. The Morgan fingerprint density at radius 3 is 3.00 bits per heavy atom. The second-order valence-corrected chi connectivity index (χ2v) is 3.71. The lowest BCUT2D eigenvalue weighted by Gasteiger charge is -2.24. The summed E-state index contributed by atoms with van der Waals surface area (Å²) in [5.41, 5.74) is 5.21. The maximum Gasteiger partial charge on any atom is 0.314 e. The largest absolute Gasteiger partial charge is 0.351 e. The van der Waals surface area contributed by atoms with Crippen molar-refractivity contribution in [2.24, 2.45) is 11.7 Å². The number of amides is 2. The minimum absolute atomic E-state index is 0.272. The summed E-state index contributed by atoms with van der Waals surface area (Å²) in [6.45, 7) is 2.75. The van der Waals surface area contributed by atoms with Gasteiger partial charge in [-0.3, -0.25) is 0 Å². The molecule has 0 aliphatic carbocycles. The minimum Gasteiger partial charge on any atom is -0.351 e. The summed E-state index contributed by atoms with van der Waals surface area (Å²) in [4.78, 5) is 12.6. The number of nitrogens with one attached hydrogen (secondary N) is 1. The van der Waals surface area contributed by atoms with Crippen molar-refractivity contribution >= 4 is 6.03 Å². The van der Waals surface area contributed by atoms with E-state index in [9.17, 15) is 4.79 Å². The van der Waals surface area contributed by atoms with Crippen molar-refractivity contribution in [2.45, 2.75) is 18.9 Å². The predicted octanol–water partition coefficient (Wildman–Crippen LogP) is -0.251. The molecule has 2 rings (SSSR count). The Hall–Kier alpha value is -0.770. The first-order chi connectivity index (χ1) is 5.77. The molecule has 2 amide bonds. The molecule has 68 valence electrons. The van der Waals surface area contributed by atoms with Crippen molar-refractivity contribution in [3.05, 3.63) is 0 Å². The van der Waals surface area contributed by atoms with E-state index >= 15 is 0 Å². The molecule has 2 aliphatic heterocycles. The van der Waals surface area contributed by atoms with Gasteiger partial charge in [0.05, 0.1) is 0 Å². The highest BCUT2D eigenvalue weighted by Gasteiger charge is 2.35. The lowest BCUT2D eigenvalue weighted by atomic mass is 9.94. The van der Waals surface area contributed by atoms with Crippen molar-refractivity contribution in [1.29, 1.82) is 0 Å². The monoisotopic (exact) mass is 169 g/mol. The molecule has 3 N–H and O–H groups in total. The second kappa shape index (κ2) is 2.94. The summed E-state index contributed by atoms with van der Waals surface area (Å²) in [6.07, 6.45) is 2.47. The molecule has 0 spiro atoms. The molecule has 2 heterocycles. The quantitative estimate of drug-likeness (QED) is 0.525. The van der Waals surface area contributed by atoms with Crippen LogP contribution in [0, 0.1) is 5.92 Å². The fourth-order valence-corrected chi connectivity index (χ4v) is 2.23. The van der Waals surface area contributed by atoms with E-state index in [1.165, 1.54) is 12.8 Å². The van der Waals surface area contributed by atoms with Crippen LogP contribution in [0.5, 0.6) is 0 Å². The van der Waals surface area contributed by atoms with Gasteiger partial charge in [0.1, 0.15) is 0 Å². The number of nitrogens with zero attached hydrogens (tertiary/aromatic N) is 1. The summed E-state index contributed by atoms with van der Waals surface area (Å²) < 4.78 is 0. The summed E-state index contributed by atoms with van der Waals surface area (Å²) >= 11 is 0. The Morgan fingerprint density at radius 2 is 2.33 bits per heavy atom. The Kier molecular flexibility index (Phi) is 1.92. The second-order valence-electron chi connectivity index (χ2n) is 3.71. The van der Waals surface area contributed by atoms with Crippen molar-refractivity contribution in [1.82, 2.24) is 10.2 Å². The van der Waals surface area contributed by atoms with Gasteiger partial charge in [0.15, 0.2) is 0 Å². The number of carbonyl (C=O) groups excluding carboxylic acids is 1. The molecule has 0 aromatic carbocycles. The van der Waals surface area contributed by atoms with Crippen molar-refractivity contribution in [3.8, 4) is 0 Å². The Morgan fingerprint density at radius 1 is 1.50 bits per heavy atom. The highest BCUT2D eigenvalue weighted by molar-refractivity contribution is 5.72. The molecule has 2 fully saturated rings. The maximum absolute atomic E-state index is 10.9. The molecule has 4 nitrogen and oxygen atoms in total. The lowest BCUT2D eigenvalue weighted by Crippen LogP contribution is -2.41. The highest BCUT2D eigenvalue weighted by Crippen LogP contribution is 2.24. The van der Waals surface area contributed by atoms with E-state index in [0.717, 1.165) is 19.6 Å². The Bertz CT molecular complexity index is 181. The van der Waals surface area contributed by atoms with Crippen LogP contribution in [0.15, 0.2) is 0 Å². The molecule has 0 aromatic heterocycles. The third kappa shape index (κ3) is 1.27. The summed E-state index contributed by atoms with van der Waals surface area (Å²) in [6, 6.07) is 0.234. The normalized spacial score (nSPS) is 34.8. The molecule has 4 heteroatoms. The first kappa shape index (κ1) is 7.86. The van der Waals surface area contributed by atoms with Crippen LogP contribution in [0.25, 0.3) is 0 Å². The maximum atomic E-state index is 10.9. The van der Waals surface area contributed by atoms with Gasteiger partial charge in [0, 0.05) is 19.1 Å². The number of rotatable bonds is 0. The van der Waals surface area contributed by atoms with E-state index in [2.05, 4.69) is 5.32 Å². The smallest absolute Gasteiger partial charge is 0.314 e. The Balaban J connectivity index is 1.98. The predicted molar refractivity (Wildman–Crippen MR) is 45.7 cm³/mol. The zero-order chi connectivity index (χ0) is 8.55. The molecule has 2 saturated heterocycles. The van der Waals surface area contributed by atoms with Crippen molar-refractivity contribution in [3.63, 3.8) is 0 Å². The molecule has 0 bridgehead atoms. The van der Waals surface area contributed by atoms with Crippen LogP contribution in [0.2, 0.25) is 0 Å². The van der Waals surface area contributed by atoms with Gasteiger partial charge in [-0.2, -0.15) is 0 Å². The molecular weight excluding hydrogens is 154 g/mol. The van der Waals surface area contributed by atoms with Crippen LogP contribution in [0.3, 0.4) is 0 Å². The van der Waals surface area contributed by atoms with E-state index in [0.29, 0.717) is 12.0 Å². The van der Waals surface area contributed by atoms with Gasteiger partial charge >= 0.3 is 6.03 Å². The first-order valence-electron chi connectivity index (χ1n) is 4.55. The van der Waals surface area contributed by atoms with Gasteiger partial charge in [-0.05, 0) is 25.3 Å². The van der Waals surface area contributed by atoms with Crippen LogP contribution in [0.4, 0.5) is 4.79 Å². The molecule has 12 heavy (non-hydrogen) atoms. The number of hydrogen-bond donors (Lipinski definition) is 2. The molecule has 2 atom stereocenters. The third-order valence-electron chi connectivity index (χ3n) is 2.91. The molecular formula is C8H15N3O. The van der Waals surface area contributed by atoms with Gasteiger partial charge in [-0.15, -0.1) is 0 Å². The van der Waals surface area contributed by atoms with Crippen LogP contribution in [-0.2, 0) is 0 Å². The zero-order valence-corrected chi connectivity index (χ0v) is 7.12. The molecule has 0 aromatic rings. The van der Waals surface area contributed by atoms with E-state index in [-0.39, 0.29) is 6.03 Å². The summed E-state index contributed by atoms with van der Waals surface area (Å²) in [5.74, 6) is 0.645. The number of nitrogens with two attached hydrogens (primary N) is 1. The molecule has 0 saturated carbocycles. The summed E-state index contributed by atoms with van der Waals surface area (Å²) in [5, 5.41) is 3.42. The zero-order valence-electron chi connectivity index (χ0n) is 7.12. The number of fused-ring (bicyclic) bond motifs is 1. The average molecular weight is 169 g/mol. The standard InChI is InChI=1S/C8H15N3O/c9-8(12)11-4-6-2-1-3-10-7(6)5-11/h6-7,10H,1-5H2,(H2,9,12). The number of primary amides is 1. The number of hydrogen-bond acceptors (Lipinski definition) is 2. The van der Waals surface area contributed by atoms with E-state index < -0.39 is 0 Å². The van der Waals surface area contributed by atoms with Gasteiger partial charge in [-0.25, -0.2) is 4.79 Å². The van der Waals surface area contributed by atoms with Gasteiger partial charge in [0.25, 0.3) is 0 Å². The van der Waals surface area contributed by atoms with Crippen molar-refractivity contribution in [2.75, 3.05) is 19.6 Å². The minimum atomic E-state index is -0.272. The topological polar surface area (TPSA) is 58.4 Å². The SMILES string of the molecule is NC(=O)N1CC2CCCNC2C1. The summed E-state index contributed by atoms with van der Waals surface area (Å²) in [7, 11) is 0. The number of carbonyl (C=O) groups is 1. The van der Waals surface area contributed by atoms with Gasteiger partial charge in [0.2, 0.25) is 0 Å². The van der Waals surface area contributed by atoms with E-state index in [1.54, 1.807) is 4.90 Å². The van der Waals surface area contributed by atoms with E-state index in [1.807, 2.05) is 0 Å². The highest BCUT2D eigenvalue weighted by atomic mass is 16.2. The van der Waals surface area contributed by atoms with Crippen LogP contribution in [-0.4, -0.2) is 36.6 Å². The van der Waals surface area contributed by atoms with Crippen molar-refractivity contribution < 1.29 is 4.79 Å². The first-order valence-corrected chi connectivity index (χ1v) is 4.55. The number of piperidine rings is 1. The van der Waals surface area contributed by atoms with Crippen LogP contribution in [0.1, 0.15) is 12.8 Å². The number of urea groups is 1. The Labute approximate surface area is 72.1 Å². The average Bonchev–Trinajstić information content (AvgIpc) is 2.46. The number of likely N-dealkylation sites (tertiary alicyclic amines) is 1. The van der Waals surface area contributed by atoms with Gasteiger partial charge < -0.3 is 16.0 Å². The molecule has 2 aliphatic rings. The van der Waals surface area contributed by atoms with Gasteiger partial charge in [-0.1, -0.05) is 0 Å². The molecule has 0 radical (unpaired) electrons. The third-order valence-corrected chi connectivity index (χ3v) is 2.91. The fraction of sp³-hybridized carbons (Fsp3) is 0.875. The van der Waals surface area contributed by atoms with Crippen LogP contribution >= 0.6 is 0 Å². The van der Waals surface area contributed by atoms with Crippen LogP contribution < -0.4 is 11.1 Å². The lowest BCUT2D eigenvalue weighted by molar-refractivity contribution is 0.216.